The topological polar surface area (TPSA) is 38.1 Å². The van der Waals surface area contributed by atoms with E-state index in [0.717, 1.165) is 30.8 Å². The van der Waals surface area contributed by atoms with Gasteiger partial charge in [0, 0.05) is 30.2 Å². The Morgan fingerprint density at radius 3 is 2.85 bits per heavy atom. The van der Waals surface area contributed by atoms with E-state index in [-0.39, 0.29) is 0 Å². The van der Waals surface area contributed by atoms with Crippen molar-refractivity contribution in [1.29, 1.82) is 0 Å². The lowest BCUT2D eigenvalue weighted by molar-refractivity contribution is 0.600. The number of hydrogen-bond acceptors (Lipinski definition) is 3. The molecule has 0 saturated carbocycles. The molecule has 3 heteroatoms. The van der Waals surface area contributed by atoms with Crippen LogP contribution >= 0.6 is 0 Å². The molecular formula is C17H18N2O. The molecule has 1 aromatic carbocycles. The number of nitrogens with one attached hydrogen (secondary N) is 1. The molecule has 0 saturated heterocycles. The summed E-state index contributed by atoms with van der Waals surface area (Å²) in [4.78, 5) is 4.44. The third kappa shape index (κ3) is 2.58. The Balaban J connectivity index is 1.68. The van der Waals surface area contributed by atoms with E-state index >= 15 is 0 Å². The summed E-state index contributed by atoms with van der Waals surface area (Å²) in [6.45, 7) is 3.73. The zero-order chi connectivity index (χ0) is 13.8. The molecule has 0 bridgehead atoms. The van der Waals surface area contributed by atoms with Crippen molar-refractivity contribution in [3.8, 4) is 0 Å². The molecule has 0 aliphatic heterocycles. The molecule has 0 aliphatic carbocycles. The molecule has 2 aromatic heterocycles. The van der Waals surface area contributed by atoms with Gasteiger partial charge in [-0.1, -0.05) is 31.2 Å². The maximum Gasteiger partial charge on any atom is 0.134 e. The summed E-state index contributed by atoms with van der Waals surface area (Å²) in [5.74, 6) is 0. The quantitative estimate of drug-likeness (QED) is 0.765. The van der Waals surface area contributed by atoms with Crippen LogP contribution in [0.4, 0.5) is 0 Å². The molecule has 1 N–H and O–H groups in total. The minimum Gasteiger partial charge on any atom is -0.464 e. The molecule has 20 heavy (non-hydrogen) atoms. The van der Waals surface area contributed by atoms with Gasteiger partial charge in [0.15, 0.2) is 0 Å². The van der Waals surface area contributed by atoms with Gasteiger partial charge in [0.1, 0.15) is 5.58 Å². The van der Waals surface area contributed by atoms with Crippen LogP contribution in [0.1, 0.15) is 23.7 Å². The maximum atomic E-state index is 5.54. The normalized spacial score (nSPS) is 11.1. The minimum atomic E-state index is 0.781. The molecule has 0 spiro atoms. The molecule has 0 unspecified atom stereocenters. The molecule has 3 aromatic rings. The lowest BCUT2D eigenvalue weighted by Gasteiger charge is -2.07. The van der Waals surface area contributed by atoms with E-state index in [4.69, 9.17) is 4.42 Å². The average Bonchev–Trinajstić information content (AvgIpc) is 2.91. The van der Waals surface area contributed by atoms with E-state index in [1.165, 1.54) is 16.5 Å². The van der Waals surface area contributed by atoms with Crippen LogP contribution in [0.3, 0.4) is 0 Å². The van der Waals surface area contributed by atoms with Gasteiger partial charge < -0.3 is 9.73 Å². The van der Waals surface area contributed by atoms with E-state index in [1.807, 2.05) is 36.7 Å². The van der Waals surface area contributed by atoms with Crippen LogP contribution in [0, 0.1) is 0 Å². The number of benzene rings is 1. The summed E-state index contributed by atoms with van der Waals surface area (Å²) in [6, 6.07) is 12.2. The van der Waals surface area contributed by atoms with E-state index in [1.54, 1.807) is 0 Å². The van der Waals surface area contributed by atoms with Crippen molar-refractivity contribution in [2.75, 3.05) is 0 Å². The molecular weight excluding hydrogens is 248 g/mol. The predicted octanol–water partition coefficient (Wildman–Crippen LogP) is 3.68. The van der Waals surface area contributed by atoms with Crippen LogP contribution in [0.5, 0.6) is 0 Å². The van der Waals surface area contributed by atoms with Gasteiger partial charge in [0.2, 0.25) is 0 Å². The Morgan fingerprint density at radius 1 is 1.05 bits per heavy atom. The Hall–Kier alpha value is -2.13. The van der Waals surface area contributed by atoms with E-state index < -0.39 is 0 Å². The number of furan rings is 1. The number of pyridine rings is 1. The van der Waals surface area contributed by atoms with Crippen molar-refractivity contribution in [2.45, 2.75) is 26.4 Å². The van der Waals surface area contributed by atoms with Crippen molar-refractivity contribution >= 4 is 11.0 Å². The van der Waals surface area contributed by atoms with Crippen molar-refractivity contribution in [3.05, 3.63) is 65.7 Å². The Bertz CT molecular complexity index is 703. The maximum absolute atomic E-state index is 5.54. The highest BCUT2D eigenvalue weighted by atomic mass is 16.3. The van der Waals surface area contributed by atoms with Crippen molar-refractivity contribution in [3.63, 3.8) is 0 Å². The Kier molecular flexibility index (Phi) is 3.79. The molecule has 0 radical (unpaired) electrons. The first-order valence-corrected chi connectivity index (χ1v) is 6.97. The van der Waals surface area contributed by atoms with Gasteiger partial charge in [-0.15, -0.1) is 0 Å². The number of nitrogens with zero attached hydrogens (tertiary/aromatic N) is 1. The fourth-order valence-electron chi connectivity index (χ4n) is 2.44. The minimum absolute atomic E-state index is 0.781. The predicted molar refractivity (Wildman–Crippen MR) is 80.4 cm³/mol. The van der Waals surface area contributed by atoms with Gasteiger partial charge in [-0.3, -0.25) is 4.98 Å². The van der Waals surface area contributed by atoms with Crippen molar-refractivity contribution < 1.29 is 4.42 Å². The first-order chi connectivity index (χ1) is 9.88. The fraction of sp³-hybridized carbons (Fsp3) is 0.235. The van der Waals surface area contributed by atoms with Gasteiger partial charge in [-0.25, -0.2) is 0 Å². The van der Waals surface area contributed by atoms with E-state index in [2.05, 4.69) is 29.4 Å². The Morgan fingerprint density at radius 2 is 1.95 bits per heavy atom. The van der Waals surface area contributed by atoms with Gasteiger partial charge in [0.25, 0.3) is 0 Å². The molecule has 0 amide bonds. The second kappa shape index (κ2) is 5.88. The van der Waals surface area contributed by atoms with Crippen LogP contribution < -0.4 is 5.32 Å². The summed E-state index contributed by atoms with van der Waals surface area (Å²) in [5.41, 5.74) is 4.56. The van der Waals surface area contributed by atoms with Crippen LogP contribution in [-0.2, 0) is 19.5 Å². The molecule has 0 atom stereocenters. The first-order valence-electron chi connectivity index (χ1n) is 6.97. The summed E-state index contributed by atoms with van der Waals surface area (Å²) in [7, 11) is 0. The lowest BCUT2D eigenvalue weighted by Crippen LogP contribution is -2.14. The number of rotatable bonds is 5. The Labute approximate surface area is 118 Å². The highest BCUT2D eigenvalue weighted by Gasteiger charge is 2.05. The third-order valence-corrected chi connectivity index (χ3v) is 3.53. The molecule has 102 valence electrons. The first kappa shape index (κ1) is 12.9. The van der Waals surface area contributed by atoms with Crippen molar-refractivity contribution in [1.82, 2.24) is 10.3 Å². The monoisotopic (exact) mass is 266 g/mol. The largest absolute Gasteiger partial charge is 0.464 e. The standard InChI is InChI=1S/C17H18N2O/c1-2-13-6-5-9-19-16(13)11-18-10-14-12-20-17-8-4-3-7-15(14)17/h3-9,12,18H,2,10-11H2,1H3. The molecule has 3 nitrogen and oxygen atoms in total. The van der Waals surface area contributed by atoms with E-state index in [9.17, 15) is 0 Å². The fourth-order valence-corrected chi connectivity index (χ4v) is 2.44. The average molecular weight is 266 g/mol. The zero-order valence-electron chi connectivity index (χ0n) is 11.6. The number of hydrogen-bond donors (Lipinski definition) is 1. The SMILES string of the molecule is CCc1cccnc1CNCc1coc2ccccc12. The highest BCUT2D eigenvalue weighted by Crippen LogP contribution is 2.20. The summed E-state index contributed by atoms with van der Waals surface area (Å²) in [6.07, 6.45) is 4.69. The molecule has 3 rings (SSSR count). The van der Waals surface area contributed by atoms with Gasteiger partial charge >= 0.3 is 0 Å². The smallest absolute Gasteiger partial charge is 0.134 e. The van der Waals surface area contributed by atoms with Crippen LogP contribution in [0.2, 0.25) is 0 Å². The lowest BCUT2D eigenvalue weighted by atomic mass is 10.1. The van der Waals surface area contributed by atoms with Gasteiger partial charge in [-0.2, -0.15) is 0 Å². The third-order valence-electron chi connectivity index (χ3n) is 3.53. The molecule has 0 aliphatic rings. The second-order valence-corrected chi connectivity index (χ2v) is 4.82. The van der Waals surface area contributed by atoms with Crippen molar-refractivity contribution in [2.24, 2.45) is 0 Å². The van der Waals surface area contributed by atoms with Gasteiger partial charge in [0.05, 0.1) is 12.0 Å². The second-order valence-electron chi connectivity index (χ2n) is 4.82. The molecule has 0 fully saturated rings. The number of para-hydroxylation sites is 1. The number of aryl methyl sites for hydroxylation is 1. The number of aromatic nitrogens is 1. The van der Waals surface area contributed by atoms with Gasteiger partial charge in [-0.05, 0) is 24.1 Å². The van der Waals surface area contributed by atoms with Crippen LogP contribution in [0.25, 0.3) is 11.0 Å². The zero-order valence-corrected chi connectivity index (χ0v) is 11.6. The highest BCUT2D eigenvalue weighted by molar-refractivity contribution is 5.80. The molecule has 2 heterocycles. The summed E-state index contributed by atoms with van der Waals surface area (Å²) in [5, 5.41) is 4.63. The van der Waals surface area contributed by atoms with E-state index in [0.29, 0.717) is 0 Å². The summed E-state index contributed by atoms with van der Waals surface area (Å²) >= 11 is 0. The number of fused-ring (bicyclic) bond motifs is 1. The summed E-state index contributed by atoms with van der Waals surface area (Å²) < 4.78 is 5.54. The van der Waals surface area contributed by atoms with Crippen LogP contribution in [-0.4, -0.2) is 4.98 Å². The van der Waals surface area contributed by atoms with Crippen LogP contribution in [0.15, 0.2) is 53.3 Å².